The van der Waals surface area contributed by atoms with Crippen molar-refractivity contribution in [1.29, 1.82) is 0 Å². The summed E-state index contributed by atoms with van der Waals surface area (Å²) >= 11 is 0. The lowest BCUT2D eigenvalue weighted by Gasteiger charge is -2.07. The van der Waals surface area contributed by atoms with Gasteiger partial charge in [0.25, 0.3) is 0 Å². The lowest BCUT2D eigenvalue weighted by molar-refractivity contribution is 0.392. The summed E-state index contributed by atoms with van der Waals surface area (Å²) in [5, 5.41) is 7.97. The van der Waals surface area contributed by atoms with Gasteiger partial charge < -0.3 is 10.5 Å². The van der Waals surface area contributed by atoms with E-state index >= 15 is 0 Å². The maximum absolute atomic E-state index is 5.80. The highest BCUT2D eigenvalue weighted by molar-refractivity contribution is 5.48. The Morgan fingerprint density at radius 1 is 1.26 bits per heavy atom. The molecule has 0 aliphatic rings. The summed E-state index contributed by atoms with van der Waals surface area (Å²) in [6.45, 7) is 3.87. The van der Waals surface area contributed by atoms with Crippen molar-refractivity contribution >= 4 is 0 Å². The van der Waals surface area contributed by atoms with Crippen LogP contribution in [-0.2, 0) is 6.42 Å². The second-order valence-corrected chi connectivity index (χ2v) is 4.47. The van der Waals surface area contributed by atoms with Gasteiger partial charge in [0, 0.05) is 29.9 Å². The van der Waals surface area contributed by atoms with Crippen LogP contribution in [0.15, 0.2) is 18.2 Å². The van der Waals surface area contributed by atoms with Crippen molar-refractivity contribution in [3.05, 3.63) is 29.6 Å². The van der Waals surface area contributed by atoms with E-state index in [0.29, 0.717) is 23.8 Å². The zero-order valence-electron chi connectivity index (χ0n) is 11.3. The van der Waals surface area contributed by atoms with Crippen molar-refractivity contribution in [2.75, 3.05) is 7.11 Å². The second-order valence-electron chi connectivity index (χ2n) is 4.47. The molecular formula is C13H17N5O. The first kappa shape index (κ1) is 13.4. The third kappa shape index (κ3) is 3.45. The Hall–Kier alpha value is -2.08. The van der Waals surface area contributed by atoms with Gasteiger partial charge in [-0.05, 0) is 26.0 Å². The van der Waals surface area contributed by atoms with Crippen LogP contribution in [0.25, 0.3) is 11.5 Å². The highest BCUT2D eigenvalue weighted by atomic mass is 16.5. The monoisotopic (exact) mass is 259 g/mol. The molecule has 0 saturated heterocycles. The SMILES string of the molecule is COc1ccc(-c2nc(C)cc(CC(C)N)n2)nn1. The normalized spacial score (nSPS) is 12.2. The van der Waals surface area contributed by atoms with E-state index in [2.05, 4.69) is 20.2 Å². The van der Waals surface area contributed by atoms with Gasteiger partial charge in [-0.25, -0.2) is 9.97 Å². The van der Waals surface area contributed by atoms with Gasteiger partial charge in [0.05, 0.1) is 7.11 Å². The molecule has 2 heterocycles. The fourth-order valence-electron chi connectivity index (χ4n) is 1.73. The molecule has 2 aromatic heterocycles. The van der Waals surface area contributed by atoms with Crippen LogP contribution in [0.4, 0.5) is 0 Å². The maximum atomic E-state index is 5.80. The van der Waals surface area contributed by atoms with Crippen molar-refractivity contribution in [1.82, 2.24) is 20.2 Å². The van der Waals surface area contributed by atoms with Gasteiger partial charge in [-0.1, -0.05) is 0 Å². The summed E-state index contributed by atoms with van der Waals surface area (Å²) in [5.74, 6) is 1.03. The highest BCUT2D eigenvalue weighted by Gasteiger charge is 2.08. The second kappa shape index (κ2) is 5.71. The molecule has 2 N–H and O–H groups in total. The van der Waals surface area contributed by atoms with E-state index in [9.17, 15) is 0 Å². The number of aryl methyl sites for hydroxylation is 1. The van der Waals surface area contributed by atoms with Gasteiger partial charge in [-0.3, -0.25) is 0 Å². The fraction of sp³-hybridized carbons (Fsp3) is 0.385. The number of nitrogens with zero attached hydrogens (tertiary/aromatic N) is 4. The summed E-state index contributed by atoms with van der Waals surface area (Å²) < 4.78 is 4.97. The van der Waals surface area contributed by atoms with Crippen LogP contribution in [0.5, 0.6) is 5.88 Å². The number of nitrogens with two attached hydrogens (primary N) is 1. The quantitative estimate of drug-likeness (QED) is 0.886. The van der Waals surface area contributed by atoms with Crippen LogP contribution in [0, 0.1) is 6.92 Å². The van der Waals surface area contributed by atoms with E-state index in [-0.39, 0.29) is 6.04 Å². The summed E-state index contributed by atoms with van der Waals surface area (Å²) in [6, 6.07) is 5.52. The number of rotatable bonds is 4. The number of aromatic nitrogens is 4. The largest absolute Gasteiger partial charge is 0.480 e. The predicted octanol–water partition coefficient (Wildman–Crippen LogP) is 1.14. The maximum Gasteiger partial charge on any atom is 0.233 e. The molecule has 19 heavy (non-hydrogen) atoms. The molecule has 0 spiro atoms. The number of hydrogen-bond donors (Lipinski definition) is 1. The lowest BCUT2D eigenvalue weighted by Crippen LogP contribution is -2.19. The van der Waals surface area contributed by atoms with Gasteiger partial charge in [0.1, 0.15) is 5.69 Å². The topological polar surface area (TPSA) is 86.8 Å². The van der Waals surface area contributed by atoms with Crippen LogP contribution < -0.4 is 10.5 Å². The van der Waals surface area contributed by atoms with Crippen molar-refractivity contribution in [2.24, 2.45) is 5.73 Å². The van der Waals surface area contributed by atoms with E-state index in [1.54, 1.807) is 19.2 Å². The third-order valence-electron chi connectivity index (χ3n) is 2.52. The van der Waals surface area contributed by atoms with Crippen LogP contribution in [-0.4, -0.2) is 33.3 Å². The molecule has 6 nitrogen and oxygen atoms in total. The Balaban J connectivity index is 2.34. The van der Waals surface area contributed by atoms with E-state index in [1.165, 1.54) is 0 Å². The van der Waals surface area contributed by atoms with Gasteiger partial charge in [0.15, 0.2) is 5.82 Å². The Bertz CT molecular complexity index is 553. The van der Waals surface area contributed by atoms with Gasteiger partial charge >= 0.3 is 0 Å². The number of methoxy groups -OCH3 is 1. The van der Waals surface area contributed by atoms with E-state index in [4.69, 9.17) is 10.5 Å². The molecular weight excluding hydrogens is 242 g/mol. The molecule has 0 fully saturated rings. The van der Waals surface area contributed by atoms with Crippen LogP contribution in [0.1, 0.15) is 18.3 Å². The minimum atomic E-state index is 0.0594. The molecule has 0 radical (unpaired) electrons. The minimum absolute atomic E-state index is 0.0594. The van der Waals surface area contributed by atoms with Crippen molar-refractivity contribution in [3.63, 3.8) is 0 Å². The summed E-state index contributed by atoms with van der Waals surface area (Å²) in [7, 11) is 1.55. The fourth-order valence-corrected chi connectivity index (χ4v) is 1.73. The number of ether oxygens (including phenoxy) is 1. The predicted molar refractivity (Wildman–Crippen MR) is 71.7 cm³/mol. The molecule has 2 rings (SSSR count). The van der Waals surface area contributed by atoms with Crippen LogP contribution in [0.2, 0.25) is 0 Å². The van der Waals surface area contributed by atoms with Crippen molar-refractivity contribution < 1.29 is 4.74 Å². The van der Waals surface area contributed by atoms with Gasteiger partial charge in [0.2, 0.25) is 5.88 Å². The molecule has 0 amide bonds. The van der Waals surface area contributed by atoms with Crippen molar-refractivity contribution in [2.45, 2.75) is 26.3 Å². The molecule has 0 aliphatic carbocycles. The van der Waals surface area contributed by atoms with E-state index < -0.39 is 0 Å². The average molecular weight is 259 g/mol. The van der Waals surface area contributed by atoms with Crippen LogP contribution >= 0.6 is 0 Å². The standard InChI is InChI=1S/C13H17N5O/c1-8(14)6-10-7-9(2)15-13(16-10)11-4-5-12(19-3)18-17-11/h4-5,7-8H,6,14H2,1-3H3. The molecule has 100 valence electrons. The zero-order valence-corrected chi connectivity index (χ0v) is 11.3. The number of hydrogen-bond acceptors (Lipinski definition) is 6. The molecule has 1 unspecified atom stereocenters. The average Bonchev–Trinajstić information content (AvgIpc) is 2.37. The van der Waals surface area contributed by atoms with Crippen molar-refractivity contribution in [3.8, 4) is 17.4 Å². The molecule has 0 bridgehead atoms. The Labute approximate surface area is 112 Å². The molecule has 0 saturated carbocycles. The first-order chi connectivity index (χ1) is 9.08. The first-order valence-corrected chi connectivity index (χ1v) is 6.06. The third-order valence-corrected chi connectivity index (χ3v) is 2.52. The first-order valence-electron chi connectivity index (χ1n) is 6.06. The Morgan fingerprint density at radius 2 is 2.05 bits per heavy atom. The minimum Gasteiger partial charge on any atom is -0.480 e. The van der Waals surface area contributed by atoms with Gasteiger partial charge in [-0.2, -0.15) is 0 Å². The Kier molecular flexibility index (Phi) is 4.01. The lowest BCUT2D eigenvalue weighted by atomic mass is 10.1. The summed E-state index contributed by atoms with van der Waals surface area (Å²) in [4.78, 5) is 8.84. The van der Waals surface area contributed by atoms with E-state index in [0.717, 1.165) is 11.4 Å². The molecule has 6 heteroatoms. The Morgan fingerprint density at radius 3 is 2.63 bits per heavy atom. The van der Waals surface area contributed by atoms with E-state index in [1.807, 2.05) is 19.9 Å². The molecule has 1 atom stereocenters. The van der Waals surface area contributed by atoms with Crippen LogP contribution in [0.3, 0.4) is 0 Å². The smallest absolute Gasteiger partial charge is 0.233 e. The summed E-state index contributed by atoms with van der Waals surface area (Å²) in [6.07, 6.45) is 0.708. The molecule has 0 aliphatic heterocycles. The van der Waals surface area contributed by atoms with Gasteiger partial charge in [-0.15, -0.1) is 10.2 Å². The highest BCUT2D eigenvalue weighted by Crippen LogP contribution is 2.15. The zero-order chi connectivity index (χ0) is 13.8. The molecule has 2 aromatic rings. The summed E-state index contributed by atoms with van der Waals surface area (Å²) in [5.41, 5.74) is 8.22. The molecule has 0 aromatic carbocycles.